The molecule has 1 amide bonds. The molecule has 0 aliphatic carbocycles. The van der Waals surface area contributed by atoms with Crippen molar-refractivity contribution in [3.8, 4) is 22.9 Å². The van der Waals surface area contributed by atoms with Crippen molar-refractivity contribution in [2.45, 2.75) is 13.5 Å². The highest BCUT2D eigenvalue weighted by Gasteiger charge is 2.12. The molecule has 1 aromatic heterocycles. The van der Waals surface area contributed by atoms with E-state index >= 15 is 0 Å². The SMILES string of the molecule is COc1ccc(-c2noc(CNC(=O)c3ccc(OC)c(C)c3)n2)cc1. The second kappa shape index (κ2) is 7.69. The second-order valence-electron chi connectivity index (χ2n) is 5.61. The van der Waals surface area contributed by atoms with Gasteiger partial charge in [-0.1, -0.05) is 5.16 Å². The summed E-state index contributed by atoms with van der Waals surface area (Å²) in [4.78, 5) is 16.6. The molecular formula is C19H19N3O4. The largest absolute Gasteiger partial charge is 0.497 e. The smallest absolute Gasteiger partial charge is 0.251 e. The zero-order valence-corrected chi connectivity index (χ0v) is 14.8. The van der Waals surface area contributed by atoms with Crippen molar-refractivity contribution in [2.75, 3.05) is 14.2 Å². The Morgan fingerprint density at radius 3 is 2.54 bits per heavy atom. The van der Waals surface area contributed by atoms with Crippen LogP contribution in [0.1, 0.15) is 21.8 Å². The quantitative estimate of drug-likeness (QED) is 0.733. The maximum Gasteiger partial charge on any atom is 0.251 e. The third kappa shape index (κ3) is 3.83. The molecule has 0 saturated heterocycles. The molecule has 1 N–H and O–H groups in total. The Morgan fingerprint density at radius 2 is 1.88 bits per heavy atom. The van der Waals surface area contributed by atoms with Crippen molar-refractivity contribution in [1.29, 1.82) is 0 Å². The van der Waals surface area contributed by atoms with Crippen LogP contribution in [0.3, 0.4) is 0 Å². The summed E-state index contributed by atoms with van der Waals surface area (Å²) in [6, 6.07) is 12.6. The van der Waals surface area contributed by atoms with Crippen LogP contribution in [0.2, 0.25) is 0 Å². The lowest BCUT2D eigenvalue weighted by atomic mass is 10.1. The molecule has 0 spiro atoms. The molecule has 0 bridgehead atoms. The molecule has 7 heteroatoms. The topological polar surface area (TPSA) is 86.5 Å². The van der Waals surface area contributed by atoms with E-state index in [1.54, 1.807) is 32.4 Å². The molecular weight excluding hydrogens is 334 g/mol. The molecule has 0 unspecified atom stereocenters. The van der Waals surface area contributed by atoms with Gasteiger partial charge in [-0.15, -0.1) is 0 Å². The average Bonchev–Trinajstić information content (AvgIpc) is 3.15. The summed E-state index contributed by atoms with van der Waals surface area (Å²) in [6.07, 6.45) is 0. The Kier molecular flexibility index (Phi) is 5.17. The third-order valence-corrected chi connectivity index (χ3v) is 3.87. The Labute approximate surface area is 150 Å². The number of hydrogen-bond acceptors (Lipinski definition) is 6. The van der Waals surface area contributed by atoms with Crippen LogP contribution in [0.25, 0.3) is 11.4 Å². The van der Waals surface area contributed by atoms with Gasteiger partial charge in [0.25, 0.3) is 5.91 Å². The zero-order valence-electron chi connectivity index (χ0n) is 14.8. The summed E-state index contributed by atoms with van der Waals surface area (Å²) in [5.41, 5.74) is 2.23. The maximum absolute atomic E-state index is 12.3. The molecule has 26 heavy (non-hydrogen) atoms. The lowest BCUT2D eigenvalue weighted by Crippen LogP contribution is -2.23. The van der Waals surface area contributed by atoms with E-state index in [4.69, 9.17) is 14.0 Å². The number of hydrogen-bond donors (Lipinski definition) is 1. The highest BCUT2D eigenvalue weighted by atomic mass is 16.5. The Balaban J connectivity index is 1.64. The second-order valence-corrected chi connectivity index (χ2v) is 5.61. The van der Waals surface area contributed by atoms with Crippen molar-refractivity contribution >= 4 is 5.91 Å². The number of nitrogens with zero attached hydrogens (tertiary/aromatic N) is 2. The van der Waals surface area contributed by atoms with E-state index in [-0.39, 0.29) is 12.5 Å². The number of amides is 1. The fourth-order valence-electron chi connectivity index (χ4n) is 2.46. The molecule has 0 radical (unpaired) electrons. The van der Waals surface area contributed by atoms with Crippen LogP contribution in [0.4, 0.5) is 0 Å². The summed E-state index contributed by atoms with van der Waals surface area (Å²) >= 11 is 0. The summed E-state index contributed by atoms with van der Waals surface area (Å²) in [6.45, 7) is 2.03. The van der Waals surface area contributed by atoms with Gasteiger partial charge in [0.2, 0.25) is 11.7 Å². The molecule has 1 heterocycles. The van der Waals surface area contributed by atoms with E-state index in [1.807, 2.05) is 31.2 Å². The minimum absolute atomic E-state index is 0.146. The van der Waals surface area contributed by atoms with Crippen LogP contribution in [0, 0.1) is 6.92 Å². The molecule has 0 atom stereocenters. The lowest BCUT2D eigenvalue weighted by Gasteiger charge is -2.07. The first-order chi connectivity index (χ1) is 12.6. The summed E-state index contributed by atoms with van der Waals surface area (Å²) in [7, 11) is 3.20. The van der Waals surface area contributed by atoms with Gasteiger partial charge in [0.05, 0.1) is 20.8 Å². The minimum Gasteiger partial charge on any atom is -0.497 e. The molecule has 0 aliphatic rings. The van der Waals surface area contributed by atoms with E-state index in [2.05, 4.69) is 15.5 Å². The predicted molar refractivity (Wildman–Crippen MR) is 95.2 cm³/mol. The van der Waals surface area contributed by atoms with Gasteiger partial charge < -0.3 is 19.3 Å². The van der Waals surface area contributed by atoms with Crippen LogP contribution in [0.15, 0.2) is 47.0 Å². The van der Waals surface area contributed by atoms with E-state index in [0.29, 0.717) is 17.3 Å². The van der Waals surface area contributed by atoms with Gasteiger partial charge in [-0.25, -0.2) is 0 Å². The van der Waals surface area contributed by atoms with Gasteiger partial charge in [-0.2, -0.15) is 4.98 Å². The van der Waals surface area contributed by atoms with Crippen LogP contribution in [-0.2, 0) is 6.54 Å². The Bertz CT molecular complexity index is 903. The van der Waals surface area contributed by atoms with Gasteiger partial charge in [0.15, 0.2) is 0 Å². The van der Waals surface area contributed by atoms with Gasteiger partial charge in [0.1, 0.15) is 11.5 Å². The summed E-state index contributed by atoms with van der Waals surface area (Å²) < 4.78 is 15.5. The van der Waals surface area contributed by atoms with Crippen molar-refractivity contribution in [3.05, 3.63) is 59.5 Å². The monoisotopic (exact) mass is 353 g/mol. The van der Waals surface area contributed by atoms with E-state index in [9.17, 15) is 4.79 Å². The normalized spacial score (nSPS) is 10.4. The van der Waals surface area contributed by atoms with Crippen LogP contribution < -0.4 is 14.8 Å². The summed E-state index contributed by atoms with van der Waals surface area (Å²) in [5.74, 6) is 2.05. The molecule has 3 aromatic rings. The number of ether oxygens (including phenoxy) is 2. The maximum atomic E-state index is 12.3. The molecule has 7 nitrogen and oxygen atoms in total. The third-order valence-electron chi connectivity index (χ3n) is 3.87. The first-order valence-electron chi connectivity index (χ1n) is 8.00. The Morgan fingerprint density at radius 1 is 1.12 bits per heavy atom. The Hall–Kier alpha value is -3.35. The number of aryl methyl sites for hydroxylation is 1. The zero-order chi connectivity index (χ0) is 18.5. The first-order valence-corrected chi connectivity index (χ1v) is 8.00. The number of benzene rings is 2. The standard InChI is InChI=1S/C19H19N3O4/c1-12-10-14(6-9-16(12)25-3)19(23)20-11-17-21-18(22-26-17)13-4-7-15(24-2)8-5-13/h4-10H,11H2,1-3H3,(H,20,23). The predicted octanol–water partition coefficient (Wildman–Crippen LogP) is 2.99. The van der Waals surface area contributed by atoms with E-state index in [0.717, 1.165) is 22.6 Å². The van der Waals surface area contributed by atoms with Crippen LogP contribution in [-0.4, -0.2) is 30.3 Å². The summed E-state index contributed by atoms with van der Waals surface area (Å²) in [5, 5.41) is 6.70. The van der Waals surface area contributed by atoms with Crippen molar-refractivity contribution in [2.24, 2.45) is 0 Å². The molecule has 0 aliphatic heterocycles. The number of carbonyl (C=O) groups is 1. The highest BCUT2D eigenvalue weighted by molar-refractivity contribution is 5.94. The van der Waals surface area contributed by atoms with Gasteiger partial charge in [-0.05, 0) is 55.0 Å². The number of rotatable bonds is 6. The lowest BCUT2D eigenvalue weighted by molar-refractivity contribution is 0.0946. The highest BCUT2D eigenvalue weighted by Crippen LogP contribution is 2.20. The number of nitrogens with one attached hydrogen (secondary N) is 1. The average molecular weight is 353 g/mol. The van der Waals surface area contributed by atoms with Crippen molar-refractivity contribution in [3.63, 3.8) is 0 Å². The van der Waals surface area contributed by atoms with Gasteiger partial charge in [0, 0.05) is 11.1 Å². The number of methoxy groups -OCH3 is 2. The van der Waals surface area contributed by atoms with Crippen molar-refractivity contribution in [1.82, 2.24) is 15.5 Å². The first kappa shape index (κ1) is 17.5. The fourth-order valence-corrected chi connectivity index (χ4v) is 2.46. The van der Waals surface area contributed by atoms with E-state index in [1.165, 1.54) is 0 Å². The molecule has 0 saturated carbocycles. The van der Waals surface area contributed by atoms with Gasteiger partial charge in [-0.3, -0.25) is 4.79 Å². The molecule has 0 fully saturated rings. The number of carbonyl (C=O) groups excluding carboxylic acids is 1. The molecule has 2 aromatic carbocycles. The minimum atomic E-state index is -0.222. The van der Waals surface area contributed by atoms with Crippen molar-refractivity contribution < 1.29 is 18.8 Å². The van der Waals surface area contributed by atoms with Gasteiger partial charge >= 0.3 is 0 Å². The van der Waals surface area contributed by atoms with E-state index < -0.39 is 0 Å². The fraction of sp³-hybridized carbons (Fsp3) is 0.211. The molecule has 134 valence electrons. The molecule has 3 rings (SSSR count). The van der Waals surface area contributed by atoms with Crippen LogP contribution >= 0.6 is 0 Å². The number of aromatic nitrogens is 2. The van der Waals surface area contributed by atoms with Crippen LogP contribution in [0.5, 0.6) is 11.5 Å².